The molecule has 0 radical (unpaired) electrons. The number of amides is 1. The van der Waals surface area contributed by atoms with E-state index in [4.69, 9.17) is 9.26 Å². The van der Waals surface area contributed by atoms with Crippen molar-refractivity contribution in [1.29, 1.82) is 0 Å². The summed E-state index contributed by atoms with van der Waals surface area (Å²) in [7, 11) is 0. The number of ether oxygens (including phenoxy) is 1. The van der Waals surface area contributed by atoms with Crippen LogP contribution >= 0.6 is 12.6 Å². The molecular formula is C19H27N5O3S. The Balaban J connectivity index is 1.71. The molecule has 0 spiro atoms. The second-order valence-corrected chi connectivity index (χ2v) is 7.35. The molecule has 3 rings (SSSR count). The van der Waals surface area contributed by atoms with Crippen LogP contribution in [0, 0.1) is 20.8 Å². The van der Waals surface area contributed by atoms with E-state index in [-0.39, 0.29) is 12.1 Å². The average molecular weight is 406 g/mol. The van der Waals surface area contributed by atoms with Crippen molar-refractivity contribution in [3.05, 3.63) is 17.0 Å². The van der Waals surface area contributed by atoms with E-state index in [1.807, 2.05) is 32.6 Å². The number of thiol groups is 1. The number of hydrogen-bond donors (Lipinski definition) is 2. The number of nitrogens with one attached hydrogen (secondary N) is 1. The Morgan fingerprint density at radius 2 is 2.14 bits per heavy atom. The minimum Gasteiger partial charge on any atom is -0.450 e. The molecule has 0 bridgehead atoms. The summed E-state index contributed by atoms with van der Waals surface area (Å²) >= 11 is 4.36. The van der Waals surface area contributed by atoms with Gasteiger partial charge in [0.15, 0.2) is 5.16 Å². The summed E-state index contributed by atoms with van der Waals surface area (Å²) < 4.78 is 10.4. The fourth-order valence-electron chi connectivity index (χ4n) is 3.68. The molecule has 2 aromatic rings. The summed E-state index contributed by atoms with van der Waals surface area (Å²) in [6.45, 7) is 9.40. The fourth-order valence-corrected chi connectivity index (χ4v) is 3.88. The summed E-state index contributed by atoms with van der Waals surface area (Å²) in [6.07, 6.45) is 2.60. The van der Waals surface area contributed by atoms with Crippen molar-refractivity contribution in [2.24, 2.45) is 0 Å². The predicted molar refractivity (Wildman–Crippen MR) is 109 cm³/mol. The van der Waals surface area contributed by atoms with E-state index in [9.17, 15) is 4.79 Å². The Labute approximate surface area is 170 Å². The van der Waals surface area contributed by atoms with Crippen LogP contribution < -0.4 is 5.32 Å². The van der Waals surface area contributed by atoms with Crippen molar-refractivity contribution >= 4 is 24.5 Å². The molecule has 1 aliphatic rings. The van der Waals surface area contributed by atoms with Crippen molar-refractivity contribution in [3.63, 3.8) is 0 Å². The first-order valence-electron chi connectivity index (χ1n) is 9.60. The Hall–Kier alpha value is -2.29. The number of carbonyl (C=O) groups excluding carboxylic acids is 1. The van der Waals surface area contributed by atoms with Gasteiger partial charge in [0.25, 0.3) is 0 Å². The molecule has 9 heteroatoms. The van der Waals surface area contributed by atoms with Gasteiger partial charge < -0.3 is 19.5 Å². The molecule has 1 fully saturated rings. The number of hydrogen-bond acceptors (Lipinski definition) is 8. The molecule has 1 aliphatic heterocycles. The molecule has 0 aromatic carbocycles. The number of aryl methyl sites for hydroxylation is 2. The highest BCUT2D eigenvalue weighted by Gasteiger charge is 2.29. The van der Waals surface area contributed by atoms with Crippen molar-refractivity contribution in [2.75, 3.05) is 25.0 Å². The molecule has 1 amide bonds. The monoisotopic (exact) mass is 405 g/mol. The van der Waals surface area contributed by atoms with Crippen LogP contribution in [0.3, 0.4) is 0 Å². The van der Waals surface area contributed by atoms with Crippen LogP contribution in [0.2, 0.25) is 0 Å². The molecule has 2 aromatic heterocycles. The molecule has 28 heavy (non-hydrogen) atoms. The van der Waals surface area contributed by atoms with Crippen LogP contribution in [0.5, 0.6) is 0 Å². The van der Waals surface area contributed by atoms with Gasteiger partial charge in [-0.25, -0.2) is 14.8 Å². The van der Waals surface area contributed by atoms with Gasteiger partial charge in [0, 0.05) is 24.7 Å². The SMILES string of the molecule is CCOC(=O)N1CCC[C@H]1CCNc1nc(S)nc(-c2c(C)noc2C)c1C. The third-order valence-electron chi connectivity index (χ3n) is 5.05. The van der Waals surface area contributed by atoms with Crippen LogP contribution in [0.1, 0.15) is 43.2 Å². The van der Waals surface area contributed by atoms with E-state index >= 15 is 0 Å². The lowest BCUT2D eigenvalue weighted by atomic mass is 10.1. The van der Waals surface area contributed by atoms with Crippen LogP contribution in [0.25, 0.3) is 11.3 Å². The second-order valence-electron chi connectivity index (χ2n) is 6.95. The van der Waals surface area contributed by atoms with Gasteiger partial charge in [0.1, 0.15) is 11.6 Å². The summed E-state index contributed by atoms with van der Waals surface area (Å²) in [6, 6.07) is 0.186. The van der Waals surface area contributed by atoms with E-state index in [1.54, 1.807) is 0 Å². The highest BCUT2D eigenvalue weighted by atomic mass is 32.1. The summed E-state index contributed by atoms with van der Waals surface area (Å²) in [5.74, 6) is 1.45. The van der Waals surface area contributed by atoms with E-state index in [0.717, 1.165) is 54.1 Å². The maximum atomic E-state index is 12.1. The zero-order chi connectivity index (χ0) is 20.3. The molecule has 1 N–H and O–H groups in total. The third-order valence-corrected chi connectivity index (χ3v) is 5.25. The highest BCUT2D eigenvalue weighted by molar-refractivity contribution is 7.80. The summed E-state index contributed by atoms with van der Waals surface area (Å²) in [5.41, 5.74) is 3.35. The normalized spacial score (nSPS) is 16.5. The van der Waals surface area contributed by atoms with Crippen LogP contribution in [-0.4, -0.2) is 51.9 Å². The zero-order valence-electron chi connectivity index (χ0n) is 16.8. The lowest BCUT2D eigenvalue weighted by molar-refractivity contribution is 0.102. The van der Waals surface area contributed by atoms with Crippen molar-refractivity contribution in [3.8, 4) is 11.3 Å². The number of rotatable bonds is 6. The Bertz CT molecular complexity index is 835. The lowest BCUT2D eigenvalue weighted by Crippen LogP contribution is -2.37. The predicted octanol–water partition coefficient (Wildman–Crippen LogP) is 3.77. The topological polar surface area (TPSA) is 93.4 Å². The van der Waals surface area contributed by atoms with E-state index < -0.39 is 0 Å². The molecule has 1 atom stereocenters. The van der Waals surface area contributed by atoms with Gasteiger partial charge in [-0.3, -0.25) is 0 Å². The van der Waals surface area contributed by atoms with E-state index in [1.165, 1.54) is 0 Å². The number of carbonyl (C=O) groups is 1. The number of nitrogens with zero attached hydrogens (tertiary/aromatic N) is 4. The molecule has 152 valence electrons. The molecule has 0 aliphatic carbocycles. The highest BCUT2D eigenvalue weighted by Crippen LogP contribution is 2.31. The molecular weight excluding hydrogens is 378 g/mol. The third kappa shape index (κ3) is 4.24. The molecule has 0 saturated carbocycles. The standard InChI is InChI=1S/C19H27N5O3S/c1-5-26-19(25)24-10-6-7-14(24)8-9-20-17-11(2)16(21-18(28)22-17)15-12(3)23-27-13(15)4/h14H,5-10H2,1-4H3,(H2,20,21,22,28)/t14-/m0/s1. The quantitative estimate of drug-likeness (QED) is 0.558. The smallest absolute Gasteiger partial charge is 0.409 e. The van der Waals surface area contributed by atoms with Crippen LogP contribution in [-0.2, 0) is 4.74 Å². The van der Waals surface area contributed by atoms with Gasteiger partial charge in [-0.2, -0.15) is 0 Å². The van der Waals surface area contributed by atoms with E-state index in [0.29, 0.717) is 24.1 Å². The number of anilines is 1. The Morgan fingerprint density at radius 1 is 1.36 bits per heavy atom. The van der Waals surface area contributed by atoms with Gasteiger partial charge in [-0.1, -0.05) is 5.16 Å². The van der Waals surface area contributed by atoms with Crippen molar-refractivity contribution in [2.45, 2.75) is 58.2 Å². The van der Waals surface area contributed by atoms with Crippen molar-refractivity contribution in [1.82, 2.24) is 20.0 Å². The first-order chi connectivity index (χ1) is 13.4. The molecule has 8 nitrogen and oxygen atoms in total. The van der Waals surface area contributed by atoms with Gasteiger partial charge >= 0.3 is 6.09 Å². The lowest BCUT2D eigenvalue weighted by Gasteiger charge is -2.24. The minimum absolute atomic E-state index is 0.186. The Morgan fingerprint density at radius 3 is 2.82 bits per heavy atom. The second kappa shape index (κ2) is 8.81. The van der Waals surface area contributed by atoms with Gasteiger partial charge in [-0.05, 0) is 47.0 Å². The van der Waals surface area contributed by atoms with Gasteiger partial charge in [-0.15, -0.1) is 12.6 Å². The van der Waals surface area contributed by atoms with Gasteiger partial charge in [0.05, 0.1) is 23.6 Å². The Kier molecular flexibility index (Phi) is 6.43. The van der Waals surface area contributed by atoms with Gasteiger partial charge in [0.2, 0.25) is 0 Å². The van der Waals surface area contributed by atoms with Crippen molar-refractivity contribution < 1.29 is 14.1 Å². The summed E-state index contributed by atoms with van der Waals surface area (Å²) in [4.78, 5) is 22.8. The number of aromatic nitrogens is 3. The fraction of sp³-hybridized carbons (Fsp3) is 0.579. The molecule has 3 heterocycles. The first-order valence-corrected chi connectivity index (χ1v) is 10.0. The largest absolute Gasteiger partial charge is 0.450 e. The minimum atomic E-state index is -0.221. The summed E-state index contributed by atoms with van der Waals surface area (Å²) in [5, 5.41) is 7.79. The zero-order valence-corrected chi connectivity index (χ0v) is 17.7. The van der Waals surface area contributed by atoms with E-state index in [2.05, 4.69) is 33.1 Å². The van der Waals surface area contributed by atoms with Crippen LogP contribution in [0.4, 0.5) is 10.6 Å². The molecule has 1 saturated heterocycles. The average Bonchev–Trinajstić information content (AvgIpc) is 3.25. The maximum Gasteiger partial charge on any atom is 0.409 e. The first kappa shape index (κ1) is 20.4. The van der Waals surface area contributed by atoms with Crippen LogP contribution in [0.15, 0.2) is 9.68 Å². The molecule has 0 unspecified atom stereocenters. The number of likely N-dealkylation sites (tertiary alicyclic amines) is 1. The maximum absolute atomic E-state index is 12.1.